The van der Waals surface area contributed by atoms with Crippen LogP contribution in [0.25, 0.3) is 5.65 Å². The number of esters is 1. The largest absolute Gasteiger partial charge is 0.456 e. The van der Waals surface area contributed by atoms with Crippen LogP contribution in [0.3, 0.4) is 0 Å². The van der Waals surface area contributed by atoms with Crippen molar-refractivity contribution in [2.24, 2.45) is 0 Å². The summed E-state index contributed by atoms with van der Waals surface area (Å²) >= 11 is 0. The van der Waals surface area contributed by atoms with Crippen molar-refractivity contribution < 1.29 is 22.7 Å². The van der Waals surface area contributed by atoms with Crippen LogP contribution in [0.1, 0.15) is 21.6 Å². The normalized spacial score (nSPS) is 15.5. The van der Waals surface area contributed by atoms with Gasteiger partial charge in [-0.05, 0) is 36.8 Å². The van der Waals surface area contributed by atoms with Gasteiger partial charge in [0.15, 0.2) is 0 Å². The van der Waals surface area contributed by atoms with E-state index >= 15 is 0 Å². The molecule has 1 saturated heterocycles. The fourth-order valence-electron chi connectivity index (χ4n) is 3.22. The van der Waals surface area contributed by atoms with E-state index in [4.69, 9.17) is 9.47 Å². The van der Waals surface area contributed by atoms with Gasteiger partial charge >= 0.3 is 5.97 Å². The van der Waals surface area contributed by atoms with Gasteiger partial charge in [-0.1, -0.05) is 12.1 Å². The maximum absolute atomic E-state index is 12.8. The van der Waals surface area contributed by atoms with E-state index in [1.165, 1.54) is 28.6 Å². The lowest BCUT2D eigenvalue weighted by Gasteiger charge is -2.26. The molecule has 1 aliphatic heterocycles. The standard InChI is InChI=1S/C20H21N3O5S/c1-15-4-3-7-22-13-17(21-19(15)22)14-28-20(24)16-5-2-6-18(12-16)29(25,26)23-8-10-27-11-9-23/h2-7,12-13H,8-11,14H2,1H3. The molecule has 0 N–H and O–H groups in total. The molecule has 0 amide bonds. The number of morpholine rings is 1. The molecule has 0 saturated carbocycles. The van der Waals surface area contributed by atoms with Crippen LogP contribution in [-0.2, 0) is 26.1 Å². The molecule has 0 aliphatic carbocycles. The second-order valence-electron chi connectivity index (χ2n) is 6.77. The molecule has 0 unspecified atom stereocenters. The van der Waals surface area contributed by atoms with Crippen molar-refractivity contribution in [2.45, 2.75) is 18.4 Å². The Bertz CT molecular complexity index is 1150. The van der Waals surface area contributed by atoms with Crippen LogP contribution in [-0.4, -0.2) is 54.4 Å². The summed E-state index contributed by atoms with van der Waals surface area (Å²) in [7, 11) is -3.68. The average molecular weight is 415 g/mol. The molecular weight excluding hydrogens is 394 g/mol. The van der Waals surface area contributed by atoms with Crippen molar-refractivity contribution in [1.29, 1.82) is 0 Å². The highest BCUT2D eigenvalue weighted by Gasteiger charge is 2.27. The van der Waals surface area contributed by atoms with Gasteiger partial charge in [-0.25, -0.2) is 18.2 Å². The number of imidazole rings is 1. The maximum Gasteiger partial charge on any atom is 0.338 e. The topological polar surface area (TPSA) is 90.2 Å². The molecule has 29 heavy (non-hydrogen) atoms. The van der Waals surface area contributed by atoms with Gasteiger partial charge in [-0.3, -0.25) is 0 Å². The van der Waals surface area contributed by atoms with Gasteiger partial charge < -0.3 is 13.9 Å². The molecule has 3 heterocycles. The number of sulfonamides is 1. The van der Waals surface area contributed by atoms with Crippen molar-refractivity contribution >= 4 is 21.6 Å². The minimum absolute atomic E-state index is 0.000392. The Labute approximate surface area is 168 Å². The molecule has 1 aliphatic rings. The van der Waals surface area contributed by atoms with Crippen LogP contribution in [0.2, 0.25) is 0 Å². The Hall–Kier alpha value is -2.75. The number of hydrogen-bond donors (Lipinski definition) is 0. The predicted molar refractivity (Wildman–Crippen MR) is 105 cm³/mol. The number of pyridine rings is 1. The molecule has 3 aromatic rings. The van der Waals surface area contributed by atoms with E-state index in [9.17, 15) is 13.2 Å². The van der Waals surface area contributed by atoms with E-state index in [1.807, 2.05) is 29.7 Å². The van der Waals surface area contributed by atoms with Gasteiger partial charge in [0.05, 0.1) is 29.4 Å². The van der Waals surface area contributed by atoms with E-state index in [0.717, 1.165) is 11.2 Å². The van der Waals surface area contributed by atoms with Gasteiger partial charge in [0.2, 0.25) is 10.0 Å². The first kappa shape index (κ1) is 19.6. The third kappa shape index (κ3) is 4.02. The van der Waals surface area contributed by atoms with Gasteiger partial charge in [0, 0.05) is 25.5 Å². The van der Waals surface area contributed by atoms with Crippen LogP contribution in [0.5, 0.6) is 0 Å². The van der Waals surface area contributed by atoms with Crippen molar-refractivity contribution in [3.8, 4) is 0 Å². The summed E-state index contributed by atoms with van der Waals surface area (Å²) in [5, 5.41) is 0. The molecule has 9 heteroatoms. The second-order valence-corrected chi connectivity index (χ2v) is 8.71. The SMILES string of the molecule is Cc1cccn2cc(COC(=O)c3cccc(S(=O)(=O)N4CCOCC4)c3)nc12. The molecular formula is C20H21N3O5S. The lowest BCUT2D eigenvalue weighted by atomic mass is 10.2. The number of carbonyl (C=O) groups is 1. The first-order valence-electron chi connectivity index (χ1n) is 9.23. The molecule has 0 radical (unpaired) electrons. The molecule has 2 aromatic heterocycles. The Morgan fingerprint density at radius 2 is 2.00 bits per heavy atom. The molecule has 0 spiro atoms. The summed E-state index contributed by atoms with van der Waals surface area (Å²) in [6, 6.07) is 9.78. The van der Waals surface area contributed by atoms with E-state index in [-0.39, 0.29) is 17.1 Å². The Kier molecular flexibility index (Phi) is 5.35. The minimum atomic E-state index is -3.68. The minimum Gasteiger partial charge on any atom is -0.456 e. The molecule has 0 atom stereocenters. The number of benzene rings is 1. The van der Waals surface area contributed by atoms with Gasteiger partial charge in [-0.2, -0.15) is 4.31 Å². The third-order valence-corrected chi connectivity index (χ3v) is 6.65. The highest BCUT2D eigenvalue weighted by Crippen LogP contribution is 2.19. The Balaban J connectivity index is 1.48. The number of nitrogens with zero attached hydrogens (tertiary/aromatic N) is 3. The summed E-state index contributed by atoms with van der Waals surface area (Å²) in [6.45, 7) is 3.27. The number of aromatic nitrogens is 2. The lowest BCUT2D eigenvalue weighted by Crippen LogP contribution is -2.40. The lowest BCUT2D eigenvalue weighted by molar-refractivity contribution is 0.0468. The van der Waals surface area contributed by atoms with Gasteiger partial charge in [0.25, 0.3) is 0 Å². The van der Waals surface area contributed by atoms with Crippen LogP contribution in [0, 0.1) is 6.92 Å². The number of ether oxygens (including phenoxy) is 2. The van der Waals surface area contributed by atoms with E-state index in [0.29, 0.717) is 32.0 Å². The average Bonchev–Trinajstić information content (AvgIpc) is 3.17. The molecule has 1 aromatic carbocycles. The molecule has 1 fully saturated rings. The molecule has 152 valence electrons. The highest BCUT2D eigenvalue weighted by molar-refractivity contribution is 7.89. The summed E-state index contributed by atoms with van der Waals surface area (Å²) < 4.78 is 39.3. The van der Waals surface area contributed by atoms with Gasteiger partial charge in [-0.15, -0.1) is 0 Å². The highest BCUT2D eigenvalue weighted by atomic mass is 32.2. The number of rotatable bonds is 5. The number of fused-ring (bicyclic) bond motifs is 1. The van der Waals surface area contributed by atoms with Crippen LogP contribution in [0.4, 0.5) is 0 Å². The maximum atomic E-state index is 12.8. The first-order valence-corrected chi connectivity index (χ1v) is 10.7. The molecule has 0 bridgehead atoms. The zero-order valence-electron chi connectivity index (χ0n) is 15.9. The monoisotopic (exact) mass is 415 g/mol. The summed E-state index contributed by atoms with van der Waals surface area (Å²) in [6.07, 6.45) is 3.68. The quantitative estimate of drug-likeness (QED) is 0.592. The van der Waals surface area contributed by atoms with E-state index in [1.54, 1.807) is 6.20 Å². The second kappa shape index (κ2) is 7.94. The number of aryl methyl sites for hydroxylation is 1. The summed E-state index contributed by atoms with van der Waals surface area (Å²) in [5.41, 5.74) is 2.62. The number of hydrogen-bond acceptors (Lipinski definition) is 6. The van der Waals surface area contributed by atoms with Crippen LogP contribution < -0.4 is 0 Å². The summed E-state index contributed by atoms with van der Waals surface area (Å²) in [4.78, 5) is 17.0. The van der Waals surface area contributed by atoms with Crippen molar-refractivity contribution in [1.82, 2.24) is 13.7 Å². The molecule has 4 rings (SSSR count). The third-order valence-electron chi connectivity index (χ3n) is 4.76. The van der Waals surface area contributed by atoms with E-state index < -0.39 is 16.0 Å². The fraction of sp³-hybridized carbons (Fsp3) is 0.300. The van der Waals surface area contributed by atoms with Crippen molar-refractivity contribution in [2.75, 3.05) is 26.3 Å². The predicted octanol–water partition coefficient (Wildman–Crippen LogP) is 2.02. The Morgan fingerprint density at radius 1 is 1.21 bits per heavy atom. The number of carbonyl (C=O) groups excluding carboxylic acids is 1. The van der Waals surface area contributed by atoms with Crippen molar-refractivity contribution in [3.05, 3.63) is 65.6 Å². The zero-order chi connectivity index (χ0) is 20.4. The smallest absolute Gasteiger partial charge is 0.338 e. The summed E-state index contributed by atoms with van der Waals surface area (Å²) in [5.74, 6) is -0.599. The van der Waals surface area contributed by atoms with Crippen LogP contribution >= 0.6 is 0 Å². The van der Waals surface area contributed by atoms with Crippen molar-refractivity contribution in [3.63, 3.8) is 0 Å². The Morgan fingerprint density at radius 3 is 2.76 bits per heavy atom. The van der Waals surface area contributed by atoms with Gasteiger partial charge in [0.1, 0.15) is 12.3 Å². The zero-order valence-corrected chi connectivity index (χ0v) is 16.8. The van der Waals surface area contributed by atoms with Crippen LogP contribution in [0.15, 0.2) is 53.7 Å². The fourth-order valence-corrected chi connectivity index (χ4v) is 4.67. The molecule has 8 nitrogen and oxygen atoms in total. The first-order chi connectivity index (χ1) is 13.9. The van der Waals surface area contributed by atoms with E-state index in [2.05, 4.69) is 4.98 Å².